The van der Waals surface area contributed by atoms with Crippen molar-refractivity contribution >= 4 is 21.6 Å². The Hall–Kier alpha value is -2.96. The van der Waals surface area contributed by atoms with Gasteiger partial charge in [0.1, 0.15) is 0 Å². The first-order valence-corrected chi connectivity index (χ1v) is 11.2. The first-order valence-electron chi connectivity index (χ1n) is 9.73. The molecule has 0 aliphatic rings. The van der Waals surface area contributed by atoms with Crippen LogP contribution in [-0.4, -0.2) is 25.2 Å². The Labute approximate surface area is 178 Å². The van der Waals surface area contributed by atoms with Gasteiger partial charge in [0.15, 0.2) is 0 Å². The van der Waals surface area contributed by atoms with E-state index in [0.717, 1.165) is 22.3 Å². The molecule has 0 bridgehead atoms. The van der Waals surface area contributed by atoms with E-state index in [1.807, 2.05) is 63.2 Å². The number of carbonyl (C=O) groups excluding carboxylic acids is 1. The Morgan fingerprint density at radius 3 is 2.17 bits per heavy atom. The van der Waals surface area contributed by atoms with Crippen molar-refractivity contribution in [3.05, 3.63) is 95.1 Å². The molecule has 30 heavy (non-hydrogen) atoms. The molecular formula is C24H26N2O3S. The molecule has 0 radical (unpaired) electrons. The molecular weight excluding hydrogens is 396 g/mol. The fraction of sp³-hybridized carbons (Fsp3) is 0.208. The fourth-order valence-corrected chi connectivity index (χ4v) is 4.45. The number of carbonyl (C=O) groups is 1. The summed E-state index contributed by atoms with van der Waals surface area (Å²) in [5.74, 6) is -0.384. The van der Waals surface area contributed by atoms with Crippen molar-refractivity contribution < 1.29 is 13.2 Å². The normalized spacial score (nSPS) is 11.5. The molecule has 6 heteroatoms. The molecule has 1 amide bonds. The molecule has 156 valence electrons. The molecule has 0 aliphatic carbocycles. The summed E-state index contributed by atoms with van der Waals surface area (Å²) in [7, 11) is -3.84. The Kier molecular flexibility index (Phi) is 6.70. The molecule has 0 atom stereocenters. The third-order valence-corrected chi connectivity index (χ3v) is 6.78. The standard InChI is InChI=1S/C24H26N2O3S/c1-18-9-12-21(13-10-18)16-26(30(28,29)23-7-5-4-6-8-23)17-24(27)25-22-14-11-19(2)20(3)15-22/h4-15H,16-17H2,1-3H3,(H,25,27). The summed E-state index contributed by atoms with van der Waals surface area (Å²) >= 11 is 0. The summed E-state index contributed by atoms with van der Waals surface area (Å²) in [6, 6.07) is 21.4. The second-order valence-electron chi connectivity index (χ2n) is 7.42. The van der Waals surface area contributed by atoms with Gasteiger partial charge in [-0.3, -0.25) is 4.79 Å². The van der Waals surface area contributed by atoms with Crippen LogP contribution >= 0.6 is 0 Å². The maximum Gasteiger partial charge on any atom is 0.243 e. The summed E-state index contributed by atoms with van der Waals surface area (Å²) in [6.07, 6.45) is 0. The molecule has 5 nitrogen and oxygen atoms in total. The molecule has 0 saturated carbocycles. The monoisotopic (exact) mass is 422 g/mol. The molecule has 1 N–H and O–H groups in total. The molecule has 3 aromatic rings. The molecule has 0 fully saturated rings. The van der Waals surface area contributed by atoms with Gasteiger partial charge < -0.3 is 5.32 Å². The number of nitrogens with one attached hydrogen (secondary N) is 1. The summed E-state index contributed by atoms with van der Waals surface area (Å²) in [4.78, 5) is 12.9. The van der Waals surface area contributed by atoms with E-state index in [1.54, 1.807) is 30.3 Å². The molecule has 0 aliphatic heterocycles. The molecule has 0 spiro atoms. The van der Waals surface area contributed by atoms with Gasteiger partial charge in [0.2, 0.25) is 15.9 Å². The van der Waals surface area contributed by atoms with Crippen molar-refractivity contribution in [2.24, 2.45) is 0 Å². The zero-order chi connectivity index (χ0) is 21.7. The second kappa shape index (κ2) is 9.24. The first kappa shape index (κ1) is 21.7. The molecule has 0 heterocycles. The molecule has 3 aromatic carbocycles. The van der Waals surface area contributed by atoms with Gasteiger partial charge in [-0.05, 0) is 61.7 Å². The summed E-state index contributed by atoms with van der Waals surface area (Å²) in [5, 5.41) is 2.81. The van der Waals surface area contributed by atoms with Crippen LogP contribution in [0.4, 0.5) is 5.69 Å². The number of amides is 1. The number of anilines is 1. The van der Waals surface area contributed by atoms with Gasteiger partial charge in [0.05, 0.1) is 11.4 Å². The number of benzene rings is 3. The van der Waals surface area contributed by atoms with Crippen LogP contribution < -0.4 is 5.32 Å². The molecule has 3 rings (SSSR count). The lowest BCUT2D eigenvalue weighted by Crippen LogP contribution is -2.37. The fourth-order valence-electron chi connectivity index (χ4n) is 3.04. The summed E-state index contributed by atoms with van der Waals surface area (Å²) < 4.78 is 27.7. The van der Waals surface area contributed by atoms with Crippen LogP contribution in [0.5, 0.6) is 0 Å². The van der Waals surface area contributed by atoms with Crippen LogP contribution in [0.1, 0.15) is 22.3 Å². The minimum absolute atomic E-state index is 0.109. The quantitative estimate of drug-likeness (QED) is 0.612. The van der Waals surface area contributed by atoms with Gasteiger partial charge in [0, 0.05) is 12.2 Å². The van der Waals surface area contributed by atoms with Crippen molar-refractivity contribution in [3.8, 4) is 0 Å². The van der Waals surface area contributed by atoms with E-state index >= 15 is 0 Å². The maximum atomic E-state index is 13.2. The predicted molar refractivity (Wildman–Crippen MR) is 120 cm³/mol. The molecule has 0 unspecified atom stereocenters. The van der Waals surface area contributed by atoms with Gasteiger partial charge >= 0.3 is 0 Å². The number of aryl methyl sites for hydroxylation is 3. The highest BCUT2D eigenvalue weighted by atomic mass is 32.2. The molecule has 0 saturated heterocycles. The van der Waals surface area contributed by atoms with Crippen molar-refractivity contribution in [1.29, 1.82) is 0 Å². The van der Waals surface area contributed by atoms with Crippen LogP contribution in [0.25, 0.3) is 0 Å². The van der Waals surface area contributed by atoms with Gasteiger partial charge in [-0.15, -0.1) is 0 Å². The average molecular weight is 423 g/mol. The van der Waals surface area contributed by atoms with Crippen molar-refractivity contribution in [3.63, 3.8) is 0 Å². The smallest absolute Gasteiger partial charge is 0.243 e. The maximum absolute atomic E-state index is 13.2. The second-order valence-corrected chi connectivity index (χ2v) is 9.36. The van der Waals surface area contributed by atoms with Crippen LogP contribution in [0.3, 0.4) is 0 Å². The van der Waals surface area contributed by atoms with E-state index in [2.05, 4.69) is 5.32 Å². The summed E-state index contributed by atoms with van der Waals surface area (Å²) in [5.41, 5.74) is 4.74. The lowest BCUT2D eigenvalue weighted by Gasteiger charge is -2.22. The SMILES string of the molecule is Cc1ccc(CN(CC(=O)Nc2ccc(C)c(C)c2)S(=O)(=O)c2ccccc2)cc1. The lowest BCUT2D eigenvalue weighted by molar-refractivity contribution is -0.116. The topological polar surface area (TPSA) is 66.5 Å². The first-order chi connectivity index (χ1) is 14.3. The number of rotatable bonds is 7. The van der Waals surface area contributed by atoms with Gasteiger partial charge in [0.25, 0.3) is 0 Å². The number of nitrogens with zero attached hydrogens (tertiary/aromatic N) is 1. The predicted octanol–water partition coefficient (Wildman–Crippen LogP) is 4.44. The van der Waals surface area contributed by atoms with Crippen molar-refractivity contribution in [2.45, 2.75) is 32.2 Å². The lowest BCUT2D eigenvalue weighted by atomic mass is 10.1. The van der Waals surface area contributed by atoms with Crippen LogP contribution in [0.15, 0.2) is 77.7 Å². The van der Waals surface area contributed by atoms with Gasteiger partial charge in [-0.1, -0.05) is 54.1 Å². The summed E-state index contributed by atoms with van der Waals surface area (Å²) in [6.45, 7) is 5.76. The van der Waals surface area contributed by atoms with E-state index in [1.165, 1.54) is 4.31 Å². The highest BCUT2D eigenvalue weighted by molar-refractivity contribution is 7.89. The van der Waals surface area contributed by atoms with Crippen molar-refractivity contribution in [1.82, 2.24) is 4.31 Å². The largest absolute Gasteiger partial charge is 0.325 e. The molecule has 0 aromatic heterocycles. The third kappa shape index (κ3) is 5.34. The highest BCUT2D eigenvalue weighted by Gasteiger charge is 2.26. The zero-order valence-electron chi connectivity index (χ0n) is 17.4. The minimum Gasteiger partial charge on any atom is -0.325 e. The number of hydrogen-bond acceptors (Lipinski definition) is 3. The van der Waals surface area contributed by atoms with Crippen LogP contribution in [0.2, 0.25) is 0 Å². The van der Waals surface area contributed by atoms with E-state index in [-0.39, 0.29) is 23.9 Å². The Bertz CT molecular complexity index is 1120. The van der Waals surface area contributed by atoms with E-state index in [9.17, 15) is 13.2 Å². The average Bonchev–Trinajstić information content (AvgIpc) is 2.72. The zero-order valence-corrected chi connectivity index (χ0v) is 18.2. The Balaban J connectivity index is 1.85. The van der Waals surface area contributed by atoms with Gasteiger partial charge in [-0.25, -0.2) is 8.42 Å². The Morgan fingerprint density at radius 1 is 0.867 bits per heavy atom. The van der Waals surface area contributed by atoms with E-state index in [4.69, 9.17) is 0 Å². The number of sulfonamides is 1. The number of hydrogen-bond donors (Lipinski definition) is 1. The Morgan fingerprint density at radius 2 is 1.53 bits per heavy atom. The van der Waals surface area contributed by atoms with Gasteiger partial charge in [-0.2, -0.15) is 4.31 Å². The van der Waals surface area contributed by atoms with Crippen molar-refractivity contribution in [2.75, 3.05) is 11.9 Å². The van der Waals surface area contributed by atoms with E-state index < -0.39 is 10.0 Å². The van der Waals surface area contributed by atoms with Crippen LogP contribution in [0, 0.1) is 20.8 Å². The minimum atomic E-state index is -3.84. The van der Waals surface area contributed by atoms with Crippen LogP contribution in [-0.2, 0) is 21.4 Å². The third-order valence-electron chi connectivity index (χ3n) is 4.97. The van der Waals surface area contributed by atoms with E-state index in [0.29, 0.717) is 5.69 Å². The highest BCUT2D eigenvalue weighted by Crippen LogP contribution is 2.19.